The van der Waals surface area contributed by atoms with Crippen molar-refractivity contribution in [2.45, 2.75) is 12.8 Å². The molecule has 19 heavy (non-hydrogen) atoms. The van der Waals surface area contributed by atoms with Gasteiger partial charge in [-0.15, -0.1) is 0 Å². The number of nitrogens with one attached hydrogen (secondary N) is 1. The fourth-order valence-corrected chi connectivity index (χ4v) is 2.79. The van der Waals surface area contributed by atoms with E-state index in [1.54, 1.807) is 0 Å². The molecule has 2 aliphatic rings. The highest BCUT2D eigenvalue weighted by Crippen LogP contribution is 2.31. The zero-order chi connectivity index (χ0) is 13.4. The van der Waals surface area contributed by atoms with Crippen molar-refractivity contribution in [2.75, 3.05) is 24.5 Å². The fraction of sp³-hybridized carbons (Fsp3) is 0.429. The number of carbonyl (C=O) groups excluding carboxylic acids is 2. The Morgan fingerprint density at radius 1 is 1.37 bits per heavy atom. The number of hydrogen-bond acceptors (Lipinski definition) is 3. The average Bonchev–Trinajstić information content (AvgIpc) is 2.65. The monoisotopic (exact) mass is 262 g/mol. The van der Waals surface area contributed by atoms with Crippen LogP contribution in [0.1, 0.15) is 23.2 Å². The molecule has 0 radical (unpaired) electrons. The van der Waals surface area contributed by atoms with Crippen molar-refractivity contribution in [1.82, 2.24) is 5.32 Å². The number of fused-ring (bicyclic) bond motifs is 1. The van der Waals surface area contributed by atoms with Crippen LogP contribution in [0, 0.1) is 11.7 Å². The predicted molar refractivity (Wildman–Crippen MR) is 68.7 cm³/mol. The van der Waals surface area contributed by atoms with E-state index in [-0.39, 0.29) is 0 Å². The molecular weight excluding hydrogens is 247 g/mol. The molecule has 1 N–H and O–H groups in total. The quantitative estimate of drug-likeness (QED) is 0.819. The Bertz CT molecular complexity index is 538. The number of carbonyl (C=O) groups is 2. The van der Waals surface area contributed by atoms with E-state index in [0.717, 1.165) is 25.9 Å². The minimum atomic E-state index is -0.536. The van der Waals surface area contributed by atoms with Crippen LogP contribution in [0.15, 0.2) is 18.2 Å². The zero-order valence-electron chi connectivity index (χ0n) is 10.5. The summed E-state index contributed by atoms with van der Waals surface area (Å²) in [6.45, 7) is 2.31. The van der Waals surface area contributed by atoms with Gasteiger partial charge in [0.1, 0.15) is 5.82 Å². The van der Waals surface area contributed by atoms with Gasteiger partial charge in [-0.25, -0.2) is 4.39 Å². The number of piperidine rings is 1. The third-order valence-corrected chi connectivity index (χ3v) is 3.77. The van der Waals surface area contributed by atoms with Crippen LogP contribution in [0.3, 0.4) is 0 Å². The van der Waals surface area contributed by atoms with Gasteiger partial charge < -0.3 is 10.2 Å². The van der Waals surface area contributed by atoms with Crippen LogP contribution in [-0.2, 0) is 4.79 Å². The average molecular weight is 262 g/mol. The summed E-state index contributed by atoms with van der Waals surface area (Å²) in [7, 11) is 0. The van der Waals surface area contributed by atoms with Crippen LogP contribution < -0.4 is 10.2 Å². The molecule has 1 amide bonds. The predicted octanol–water partition coefficient (Wildman–Crippen LogP) is 1.35. The number of benzene rings is 1. The summed E-state index contributed by atoms with van der Waals surface area (Å²) in [5.74, 6) is -1.17. The number of hydrogen-bond donors (Lipinski definition) is 1. The number of halogens is 1. The molecule has 1 aromatic carbocycles. The van der Waals surface area contributed by atoms with Crippen molar-refractivity contribution in [3.05, 3.63) is 29.6 Å². The SMILES string of the molecule is O=C1C(=O)N(CC2CCCNC2)c2cc(F)ccc21. The summed E-state index contributed by atoms with van der Waals surface area (Å²) in [5.41, 5.74) is 0.732. The molecule has 1 aromatic rings. The Balaban J connectivity index is 1.87. The summed E-state index contributed by atoms with van der Waals surface area (Å²) in [5, 5.41) is 3.27. The lowest BCUT2D eigenvalue weighted by atomic mass is 9.99. The molecule has 5 heteroatoms. The molecule has 2 heterocycles. The Morgan fingerprint density at radius 2 is 2.21 bits per heavy atom. The van der Waals surface area contributed by atoms with Gasteiger partial charge in [0.25, 0.3) is 11.7 Å². The van der Waals surface area contributed by atoms with Crippen molar-refractivity contribution in [3.63, 3.8) is 0 Å². The zero-order valence-corrected chi connectivity index (χ0v) is 10.5. The third kappa shape index (κ3) is 2.14. The van der Waals surface area contributed by atoms with Crippen LogP contribution in [0.25, 0.3) is 0 Å². The van der Waals surface area contributed by atoms with E-state index in [2.05, 4.69) is 5.32 Å². The number of nitrogens with zero attached hydrogens (tertiary/aromatic N) is 1. The summed E-state index contributed by atoms with van der Waals surface area (Å²) >= 11 is 0. The first-order valence-electron chi connectivity index (χ1n) is 6.53. The standard InChI is InChI=1S/C14H15FN2O2/c15-10-3-4-11-12(6-10)17(14(19)13(11)18)8-9-2-1-5-16-7-9/h3-4,6,9,16H,1-2,5,7-8H2. The minimum absolute atomic E-state index is 0.315. The van der Waals surface area contributed by atoms with E-state index in [1.807, 2.05) is 0 Å². The maximum atomic E-state index is 13.3. The summed E-state index contributed by atoms with van der Waals surface area (Å²) in [4.78, 5) is 25.2. The Hall–Kier alpha value is -1.75. The highest BCUT2D eigenvalue weighted by atomic mass is 19.1. The molecule has 4 nitrogen and oxygen atoms in total. The van der Waals surface area contributed by atoms with Gasteiger partial charge in [-0.05, 0) is 50.0 Å². The molecule has 0 bridgehead atoms. The molecule has 1 unspecified atom stereocenters. The molecule has 0 spiro atoms. The van der Waals surface area contributed by atoms with E-state index in [0.29, 0.717) is 23.7 Å². The Morgan fingerprint density at radius 3 is 2.95 bits per heavy atom. The molecule has 2 aliphatic heterocycles. The summed E-state index contributed by atoms with van der Waals surface area (Å²) in [6, 6.07) is 3.88. The smallest absolute Gasteiger partial charge is 0.299 e. The topological polar surface area (TPSA) is 49.4 Å². The van der Waals surface area contributed by atoms with Gasteiger partial charge in [-0.2, -0.15) is 0 Å². The van der Waals surface area contributed by atoms with Crippen molar-refractivity contribution < 1.29 is 14.0 Å². The fourth-order valence-electron chi connectivity index (χ4n) is 2.79. The van der Waals surface area contributed by atoms with E-state index < -0.39 is 17.5 Å². The van der Waals surface area contributed by atoms with Crippen molar-refractivity contribution in [2.24, 2.45) is 5.92 Å². The van der Waals surface area contributed by atoms with E-state index >= 15 is 0 Å². The van der Waals surface area contributed by atoms with Gasteiger partial charge >= 0.3 is 0 Å². The van der Waals surface area contributed by atoms with Gasteiger partial charge in [0.2, 0.25) is 0 Å². The lowest BCUT2D eigenvalue weighted by Gasteiger charge is -2.27. The van der Waals surface area contributed by atoms with Gasteiger partial charge in [-0.3, -0.25) is 9.59 Å². The van der Waals surface area contributed by atoms with Crippen LogP contribution >= 0.6 is 0 Å². The number of amides is 1. The molecule has 0 aliphatic carbocycles. The van der Waals surface area contributed by atoms with E-state index in [4.69, 9.17) is 0 Å². The second-order valence-electron chi connectivity index (χ2n) is 5.12. The number of ketones is 1. The van der Waals surface area contributed by atoms with Crippen LogP contribution in [0.4, 0.5) is 10.1 Å². The third-order valence-electron chi connectivity index (χ3n) is 3.77. The lowest BCUT2D eigenvalue weighted by molar-refractivity contribution is -0.114. The summed E-state index contributed by atoms with van der Waals surface area (Å²) in [6.07, 6.45) is 2.09. The van der Waals surface area contributed by atoms with Gasteiger partial charge in [0.05, 0.1) is 11.3 Å². The summed E-state index contributed by atoms with van der Waals surface area (Å²) < 4.78 is 13.3. The maximum absolute atomic E-state index is 13.3. The molecule has 0 saturated carbocycles. The van der Waals surface area contributed by atoms with Gasteiger partial charge in [-0.1, -0.05) is 0 Å². The first kappa shape index (κ1) is 12.3. The van der Waals surface area contributed by atoms with E-state index in [1.165, 1.54) is 23.1 Å². The van der Waals surface area contributed by atoms with Crippen LogP contribution in [-0.4, -0.2) is 31.3 Å². The lowest BCUT2D eigenvalue weighted by Crippen LogP contribution is -2.40. The minimum Gasteiger partial charge on any atom is -0.316 e. The molecule has 100 valence electrons. The van der Waals surface area contributed by atoms with Crippen LogP contribution in [0.2, 0.25) is 0 Å². The first-order valence-corrected chi connectivity index (χ1v) is 6.53. The number of anilines is 1. The molecular formula is C14H15FN2O2. The molecule has 1 atom stereocenters. The van der Waals surface area contributed by atoms with Crippen molar-refractivity contribution in [1.29, 1.82) is 0 Å². The van der Waals surface area contributed by atoms with Crippen molar-refractivity contribution >= 4 is 17.4 Å². The molecule has 0 aromatic heterocycles. The van der Waals surface area contributed by atoms with Crippen LogP contribution in [0.5, 0.6) is 0 Å². The number of Topliss-reactive ketones (excluding diaryl/α,β-unsaturated/α-hetero) is 1. The highest BCUT2D eigenvalue weighted by molar-refractivity contribution is 6.52. The maximum Gasteiger partial charge on any atom is 0.299 e. The van der Waals surface area contributed by atoms with Gasteiger partial charge in [0, 0.05) is 6.54 Å². The highest BCUT2D eigenvalue weighted by Gasteiger charge is 2.37. The molecule has 1 fully saturated rings. The molecule has 3 rings (SSSR count). The van der Waals surface area contributed by atoms with Gasteiger partial charge in [0.15, 0.2) is 0 Å². The second kappa shape index (κ2) is 4.74. The Labute approximate surface area is 110 Å². The second-order valence-corrected chi connectivity index (χ2v) is 5.12. The van der Waals surface area contributed by atoms with Crippen molar-refractivity contribution in [3.8, 4) is 0 Å². The van der Waals surface area contributed by atoms with E-state index in [9.17, 15) is 14.0 Å². The normalized spacial score (nSPS) is 22.8. The largest absolute Gasteiger partial charge is 0.316 e. The Kier molecular flexibility index (Phi) is 3.06. The molecule has 1 saturated heterocycles. The number of rotatable bonds is 2. The first-order chi connectivity index (χ1) is 9.16.